The van der Waals surface area contributed by atoms with Crippen molar-refractivity contribution in [1.29, 1.82) is 0 Å². The van der Waals surface area contributed by atoms with Gasteiger partial charge in [-0.2, -0.15) is 0 Å². The number of likely N-dealkylation sites (tertiary alicyclic amines) is 1. The molecule has 0 radical (unpaired) electrons. The SMILES string of the molecule is CCc1cc(C(=O)NC2CC(=O)N(CC(C)(C)C)C2)on1. The maximum absolute atomic E-state index is 12.1. The molecule has 21 heavy (non-hydrogen) atoms. The van der Waals surface area contributed by atoms with Crippen molar-refractivity contribution in [2.24, 2.45) is 5.41 Å². The van der Waals surface area contributed by atoms with E-state index in [0.29, 0.717) is 19.5 Å². The molecule has 1 fully saturated rings. The molecule has 6 nitrogen and oxygen atoms in total. The molecule has 0 aromatic carbocycles. The minimum atomic E-state index is -0.308. The average molecular weight is 293 g/mol. The number of aryl methyl sites for hydroxylation is 1. The second-order valence-corrected chi connectivity index (χ2v) is 6.75. The lowest BCUT2D eigenvalue weighted by Gasteiger charge is -2.26. The first-order valence-corrected chi connectivity index (χ1v) is 7.32. The predicted octanol–water partition coefficient (Wildman–Crippen LogP) is 1.61. The van der Waals surface area contributed by atoms with E-state index in [-0.39, 0.29) is 29.0 Å². The van der Waals surface area contributed by atoms with Crippen LogP contribution in [0.5, 0.6) is 0 Å². The Hall–Kier alpha value is -1.85. The van der Waals surface area contributed by atoms with E-state index in [9.17, 15) is 9.59 Å². The average Bonchev–Trinajstić information content (AvgIpc) is 2.95. The quantitative estimate of drug-likeness (QED) is 0.915. The Balaban J connectivity index is 1.92. The molecule has 2 amide bonds. The van der Waals surface area contributed by atoms with Crippen molar-refractivity contribution in [3.63, 3.8) is 0 Å². The molecule has 1 aromatic rings. The van der Waals surface area contributed by atoms with Crippen molar-refractivity contribution in [1.82, 2.24) is 15.4 Å². The monoisotopic (exact) mass is 293 g/mol. The Labute approximate surface area is 124 Å². The summed E-state index contributed by atoms with van der Waals surface area (Å²) in [5.41, 5.74) is 0.798. The highest BCUT2D eigenvalue weighted by molar-refractivity contribution is 5.92. The van der Waals surface area contributed by atoms with Crippen LogP contribution in [0, 0.1) is 5.41 Å². The summed E-state index contributed by atoms with van der Waals surface area (Å²) < 4.78 is 5.00. The van der Waals surface area contributed by atoms with Gasteiger partial charge >= 0.3 is 0 Å². The predicted molar refractivity (Wildman–Crippen MR) is 77.8 cm³/mol. The van der Waals surface area contributed by atoms with Gasteiger partial charge in [0.1, 0.15) is 0 Å². The smallest absolute Gasteiger partial charge is 0.290 e. The molecule has 1 N–H and O–H groups in total. The van der Waals surface area contributed by atoms with Crippen molar-refractivity contribution in [2.75, 3.05) is 13.1 Å². The van der Waals surface area contributed by atoms with Gasteiger partial charge in [-0.1, -0.05) is 32.9 Å². The molecule has 2 rings (SSSR count). The Morgan fingerprint density at radius 3 is 2.81 bits per heavy atom. The number of aromatic nitrogens is 1. The lowest BCUT2D eigenvalue weighted by atomic mass is 9.96. The summed E-state index contributed by atoms with van der Waals surface area (Å²) >= 11 is 0. The summed E-state index contributed by atoms with van der Waals surface area (Å²) in [6.07, 6.45) is 1.06. The van der Waals surface area contributed by atoms with Crippen molar-refractivity contribution in [3.05, 3.63) is 17.5 Å². The highest BCUT2D eigenvalue weighted by Crippen LogP contribution is 2.20. The van der Waals surface area contributed by atoms with E-state index in [1.54, 1.807) is 6.07 Å². The van der Waals surface area contributed by atoms with Gasteiger partial charge in [0, 0.05) is 25.6 Å². The highest BCUT2D eigenvalue weighted by atomic mass is 16.5. The number of carbonyl (C=O) groups excluding carboxylic acids is 2. The van der Waals surface area contributed by atoms with Crippen molar-refractivity contribution in [2.45, 2.75) is 46.6 Å². The molecule has 1 aliphatic rings. The molecule has 1 atom stereocenters. The molecule has 1 aromatic heterocycles. The van der Waals surface area contributed by atoms with Crippen LogP contribution in [-0.2, 0) is 11.2 Å². The summed E-state index contributed by atoms with van der Waals surface area (Å²) in [4.78, 5) is 25.8. The standard InChI is InChI=1S/C15H23N3O3/c1-5-10-6-12(21-17-10)14(20)16-11-7-13(19)18(8-11)9-15(2,3)4/h6,11H,5,7-9H2,1-4H3,(H,16,20). The van der Waals surface area contributed by atoms with Crippen LogP contribution in [0.2, 0.25) is 0 Å². The third-order valence-corrected chi connectivity index (χ3v) is 3.36. The molecule has 1 aliphatic heterocycles. The number of nitrogens with one attached hydrogen (secondary N) is 1. The lowest BCUT2D eigenvalue weighted by Crippen LogP contribution is -2.39. The number of rotatable bonds is 4. The van der Waals surface area contributed by atoms with E-state index >= 15 is 0 Å². The third kappa shape index (κ3) is 4.06. The summed E-state index contributed by atoms with van der Waals surface area (Å²) in [6.45, 7) is 9.46. The summed E-state index contributed by atoms with van der Waals surface area (Å²) in [5.74, 6) is -0.0202. The van der Waals surface area contributed by atoms with Crippen LogP contribution in [-0.4, -0.2) is 41.0 Å². The zero-order valence-electron chi connectivity index (χ0n) is 13.1. The molecule has 6 heteroatoms. The van der Waals surface area contributed by atoms with Crippen LogP contribution >= 0.6 is 0 Å². The van der Waals surface area contributed by atoms with E-state index in [2.05, 4.69) is 31.2 Å². The number of amides is 2. The minimum Gasteiger partial charge on any atom is -0.351 e. The Morgan fingerprint density at radius 2 is 2.24 bits per heavy atom. The molecule has 0 bridgehead atoms. The molecule has 1 unspecified atom stereocenters. The summed E-state index contributed by atoms with van der Waals surface area (Å²) in [7, 11) is 0. The van der Waals surface area contributed by atoms with Crippen LogP contribution in [0.3, 0.4) is 0 Å². The van der Waals surface area contributed by atoms with Gasteiger partial charge in [0.15, 0.2) is 0 Å². The van der Waals surface area contributed by atoms with E-state index in [1.807, 2.05) is 11.8 Å². The lowest BCUT2D eigenvalue weighted by molar-refractivity contribution is -0.128. The largest absolute Gasteiger partial charge is 0.351 e. The van der Waals surface area contributed by atoms with Crippen LogP contribution < -0.4 is 5.32 Å². The highest BCUT2D eigenvalue weighted by Gasteiger charge is 2.33. The Morgan fingerprint density at radius 1 is 1.52 bits per heavy atom. The van der Waals surface area contributed by atoms with Gasteiger partial charge in [-0.15, -0.1) is 0 Å². The fourth-order valence-electron chi connectivity index (χ4n) is 2.44. The van der Waals surface area contributed by atoms with E-state index in [1.165, 1.54) is 0 Å². The van der Waals surface area contributed by atoms with Gasteiger partial charge < -0.3 is 14.7 Å². The number of carbonyl (C=O) groups is 2. The number of hydrogen-bond donors (Lipinski definition) is 1. The van der Waals surface area contributed by atoms with Gasteiger partial charge in [-0.25, -0.2) is 0 Å². The first kappa shape index (κ1) is 15.5. The van der Waals surface area contributed by atoms with Gasteiger partial charge in [0.05, 0.1) is 11.7 Å². The van der Waals surface area contributed by atoms with E-state index in [4.69, 9.17) is 4.52 Å². The molecule has 1 saturated heterocycles. The van der Waals surface area contributed by atoms with Gasteiger partial charge in [-0.3, -0.25) is 9.59 Å². The zero-order valence-corrected chi connectivity index (χ0v) is 13.1. The molecule has 116 valence electrons. The molecule has 0 aliphatic carbocycles. The van der Waals surface area contributed by atoms with Crippen LogP contribution in [0.15, 0.2) is 10.6 Å². The van der Waals surface area contributed by atoms with Crippen molar-refractivity contribution in [3.8, 4) is 0 Å². The number of nitrogens with zero attached hydrogens (tertiary/aromatic N) is 2. The van der Waals surface area contributed by atoms with Crippen molar-refractivity contribution < 1.29 is 14.1 Å². The van der Waals surface area contributed by atoms with E-state index < -0.39 is 0 Å². The molecule has 2 heterocycles. The second kappa shape index (κ2) is 5.87. The maximum Gasteiger partial charge on any atom is 0.290 e. The van der Waals surface area contributed by atoms with Crippen molar-refractivity contribution >= 4 is 11.8 Å². The van der Waals surface area contributed by atoms with Crippen LogP contribution in [0.4, 0.5) is 0 Å². The van der Waals surface area contributed by atoms with E-state index in [0.717, 1.165) is 12.1 Å². The molecular weight excluding hydrogens is 270 g/mol. The van der Waals surface area contributed by atoms with Crippen LogP contribution in [0.25, 0.3) is 0 Å². The first-order chi connectivity index (χ1) is 9.78. The Kier molecular flexibility index (Phi) is 4.34. The normalized spacial score (nSPS) is 19.1. The molecule has 0 spiro atoms. The minimum absolute atomic E-state index is 0.0511. The maximum atomic E-state index is 12.1. The fraction of sp³-hybridized carbons (Fsp3) is 0.667. The first-order valence-electron chi connectivity index (χ1n) is 7.32. The molecule has 0 saturated carbocycles. The fourth-order valence-corrected chi connectivity index (χ4v) is 2.44. The molecular formula is C15H23N3O3. The summed E-state index contributed by atoms with van der Waals surface area (Å²) in [5, 5.41) is 6.64. The van der Waals surface area contributed by atoms with Gasteiger partial charge in [0.25, 0.3) is 5.91 Å². The summed E-state index contributed by atoms with van der Waals surface area (Å²) in [6, 6.07) is 1.47. The van der Waals surface area contributed by atoms with Crippen LogP contribution in [0.1, 0.15) is 50.4 Å². The number of hydrogen-bond acceptors (Lipinski definition) is 4. The van der Waals surface area contributed by atoms with Gasteiger partial charge in [0.2, 0.25) is 11.7 Å². The second-order valence-electron chi connectivity index (χ2n) is 6.75. The zero-order chi connectivity index (χ0) is 15.6. The van der Waals surface area contributed by atoms with Gasteiger partial charge in [-0.05, 0) is 11.8 Å². The Bertz CT molecular complexity index is 531. The topological polar surface area (TPSA) is 75.4 Å². The third-order valence-electron chi connectivity index (χ3n) is 3.36.